The number of carbonyl (C=O) groups excluding carboxylic acids is 2. The maximum atomic E-state index is 13.8. The zero-order valence-electron chi connectivity index (χ0n) is 14.7. The molecule has 1 aromatic carbocycles. The Kier molecular flexibility index (Phi) is 5.74. The first-order chi connectivity index (χ1) is 11.8. The van der Waals surface area contributed by atoms with Crippen LogP contribution >= 0.6 is 0 Å². The molecule has 1 aromatic heterocycles. The van der Waals surface area contributed by atoms with Gasteiger partial charge in [-0.3, -0.25) is 9.89 Å². The second-order valence-corrected chi connectivity index (χ2v) is 6.14. The number of aromatic amines is 1. The van der Waals surface area contributed by atoms with Gasteiger partial charge in [-0.15, -0.1) is 0 Å². The maximum absolute atomic E-state index is 13.8. The number of hydrogen-bond donors (Lipinski definition) is 3. The van der Waals surface area contributed by atoms with Crippen molar-refractivity contribution in [1.29, 1.82) is 0 Å². The second-order valence-electron chi connectivity index (χ2n) is 6.14. The van der Waals surface area contributed by atoms with Crippen molar-refractivity contribution < 1.29 is 14.0 Å². The van der Waals surface area contributed by atoms with E-state index in [0.29, 0.717) is 12.1 Å². The van der Waals surface area contributed by atoms with Crippen LogP contribution in [0, 0.1) is 12.7 Å². The zero-order chi connectivity index (χ0) is 18.6. The van der Waals surface area contributed by atoms with Gasteiger partial charge in [0.15, 0.2) is 0 Å². The lowest BCUT2D eigenvalue weighted by Crippen LogP contribution is -2.37. The Hall–Kier alpha value is -2.90. The third-order valence-corrected chi connectivity index (χ3v) is 3.51. The molecule has 1 heterocycles. The third-order valence-electron chi connectivity index (χ3n) is 3.51. The molecular formula is C17H22FN5O2. The number of urea groups is 1. The Morgan fingerprint density at radius 2 is 2.04 bits per heavy atom. The topological polar surface area (TPSA) is 90.1 Å². The van der Waals surface area contributed by atoms with E-state index in [0.717, 1.165) is 17.5 Å². The first-order valence-electron chi connectivity index (χ1n) is 7.86. The molecule has 134 valence electrons. The minimum absolute atomic E-state index is 0.0946. The van der Waals surface area contributed by atoms with Crippen molar-refractivity contribution in [2.45, 2.75) is 26.3 Å². The lowest BCUT2D eigenvalue weighted by Gasteiger charge is -2.15. The SMILES string of the molecule is Cc1cc(CC(C)NC(=O)Nc2ccc(F)c(C(=O)N(C)C)c2)n[nH]1. The molecule has 0 saturated carbocycles. The van der Waals surface area contributed by atoms with Gasteiger partial charge in [0, 0.05) is 37.9 Å². The Morgan fingerprint density at radius 1 is 1.32 bits per heavy atom. The van der Waals surface area contributed by atoms with Crippen LogP contribution in [0.25, 0.3) is 0 Å². The molecule has 1 unspecified atom stereocenters. The average molecular weight is 347 g/mol. The Balaban J connectivity index is 1.98. The summed E-state index contributed by atoms with van der Waals surface area (Å²) in [6.07, 6.45) is 0.575. The number of amides is 3. The number of anilines is 1. The molecule has 0 aliphatic rings. The van der Waals surface area contributed by atoms with Crippen molar-refractivity contribution in [3.05, 3.63) is 47.0 Å². The average Bonchev–Trinajstić information content (AvgIpc) is 2.93. The van der Waals surface area contributed by atoms with Crippen molar-refractivity contribution in [1.82, 2.24) is 20.4 Å². The molecule has 2 aromatic rings. The summed E-state index contributed by atoms with van der Waals surface area (Å²) in [5, 5.41) is 12.4. The van der Waals surface area contributed by atoms with Crippen LogP contribution in [-0.2, 0) is 6.42 Å². The van der Waals surface area contributed by atoms with E-state index in [-0.39, 0.29) is 11.6 Å². The van der Waals surface area contributed by atoms with Gasteiger partial charge in [-0.05, 0) is 38.1 Å². The van der Waals surface area contributed by atoms with Gasteiger partial charge in [-0.2, -0.15) is 5.10 Å². The van der Waals surface area contributed by atoms with Crippen molar-refractivity contribution in [2.24, 2.45) is 0 Å². The van der Waals surface area contributed by atoms with Gasteiger partial charge in [0.1, 0.15) is 5.82 Å². The number of aromatic nitrogens is 2. The van der Waals surface area contributed by atoms with Crippen LogP contribution in [0.4, 0.5) is 14.9 Å². The summed E-state index contributed by atoms with van der Waals surface area (Å²) < 4.78 is 13.8. The van der Waals surface area contributed by atoms with Crippen molar-refractivity contribution in [3.63, 3.8) is 0 Å². The Bertz CT molecular complexity index is 772. The molecule has 0 aliphatic heterocycles. The number of H-pyrrole nitrogens is 1. The molecule has 7 nitrogen and oxygen atoms in total. The molecule has 0 aliphatic carbocycles. The Labute approximate surface area is 145 Å². The van der Waals surface area contributed by atoms with E-state index in [1.54, 1.807) is 0 Å². The predicted octanol–water partition coefficient (Wildman–Crippen LogP) is 2.31. The summed E-state index contributed by atoms with van der Waals surface area (Å²) in [4.78, 5) is 25.3. The molecule has 25 heavy (non-hydrogen) atoms. The summed E-state index contributed by atoms with van der Waals surface area (Å²) in [5.74, 6) is -1.10. The molecule has 2 rings (SSSR count). The fourth-order valence-electron chi connectivity index (χ4n) is 2.34. The lowest BCUT2D eigenvalue weighted by atomic mass is 10.1. The van der Waals surface area contributed by atoms with Crippen LogP contribution in [0.15, 0.2) is 24.3 Å². The van der Waals surface area contributed by atoms with E-state index in [4.69, 9.17) is 0 Å². The van der Waals surface area contributed by atoms with Crippen LogP contribution < -0.4 is 10.6 Å². The lowest BCUT2D eigenvalue weighted by molar-refractivity contribution is 0.0823. The molecule has 3 amide bonds. The summed E-state index contributed by atoms with van der Waals surface area (Å²) in [6.45, 7) is 3.76. The molecule has 8 heteroatoms. The normalized spacial score (nSPS) is 11.7. The van der Waals surface area contributed by atoms with Crippen molar-refractivity contribution in [3.8, 4) is 0 Å². The van der Waals surface area contributed by atoms with E-state index < -0.39 is 17.8 Å². The largest absolute Gasteiger partial charge is 0.345 e. The highest BCUT2D eigenvalue weighted by Gasteiger charge is 2.16. The minimum Gasteiger partial charge on any atom is -0.345 e. The quantitative estimate of drug-likeness (QED) is 0.775. The van der Waals surface area contributed by atoms with Crippen molar-refractivity contribution in [2.75, 3.05) is 19.4 Å². The van der Waals surface area contributed by atoms with E-state index in [2.05, 4.69) is 20.8 Å². The van der Waals surface area contributed by atoms with Gasteiger partial charge in [-0.1, -0.05) is 0 Å². The number of halogens is 1. The first kappa shape index (κ1) is 18.4. The molecular weight excluding hydrogens is 325 g/mol. The number of hydrogen-bond acceptors (Lipinski definition) is 3. The number of nitrogens with zero attached hydrogens (tertiary/aromatic N) is 2. The van der Waals surface area contributed by atoms with E-state index in [1.807, 2.05) is 19.9 Å². The Morgan fingerprint density at radius 3 is 2.64 bits per heavy atom. The highest BCUT2D eigenvalue weighted by atomic mass is 19.1. The summed E-state index contributed by atoms with van der Waals surface area (Å²) in [6, 6.07) is 5.21. The number of rotatable bonds is 5. The minimum atomic E-state index is -0.632. The second kappa shape index (κ2) is 7.78. The zero-order valence-corrected chi connectivity index (χ0v) is 14.7. The first-order valence-corrected chi connectivity index (χ1v) is 7.86. The summed E-state index contributed by atoms with van der Waals surface area (Å²) in [5.41, 5.74) is 2.05. The molecule has 0 radical (unpaired) electrons. The van der Waals surface area contributed by atoms with E-state index in [1.165, 1.54) is 31.1 Å². The smallest absolute Gasteiger partial charge is 0.319 e. The predicted molar refractivity (Wildman–Crippen MR) is 93.1 cm³/mol. The van der Waals surface area contributed by atoms with Crippen LogP contribution in [0.5, 0.6) is 0 Å². The summed E-state index contributed by atoms with van der Waals surface area (Å²) >= 11 is 0. The maximum Gasteiger partial charge on any atom is 0.319 e. The monoisotopic (exact) mass is 347 g/mol. The van der Waals surface area contributed by atoms with Gasteiger partial charge in [-0.25, -0.2) is 9.18 Å². The van der Waals surface area contributed by atoms with Gasteiger partial charge >= 0.3 is 6.03 Å². The fraction of sp³-hybridized carbons (Fsp3) is 0.353. The van der Waals surface area contributed by atoms with Crippen LogP contribution in [-0.4, -0.2) is 47.2 Å². The molecule has 1 atom stereocenters. The van der Waals surface area contributed by atoms with Crippen molar-refractivity contribution >= 4 is 17.6 Å². The van der Waals surface area contributed by atoms with Gasteiger partial charge in [0.2, 0.25) is 0 Å². The molecule has 0 spiro atoms. The van der Waals surface area contributed by atoms with Crippen LogP contribution in [0.3, 0.4) is 0 Å². The fourth-order valence-corrected chi connectivity index (χ4v) is 2.34. The van der Waals surface area contributed by atoms with E-state index >= 15 is 0 Å². The highest BCUT2D eigenvalue weighted by molar-refractivity contribution is 5.96. The molecule has 0 fully saturated rings. The van der Waals surface area contributed by atoms with Gasteiger partial charge in [0.05, 0.1) is 11.3 Å². The number of nitrogens with one attached hydrogen (secondary N) is 3. The standard InChI is InChI=1S/C17H22FN5O2/c1-10(7-13-8-11(2)21-22-13)19-17(25)20-12-5-6-15(18)14(9-12)16(24)23(3)4/h5-6,8-10H,7H2,1-4H3,(H,21,22)(H2,19,20,25). The van der Waals surface area contributed by atoms with Gasteiger partial charge in [0.25, 0.3) is 5.91 Å². The molecule has 0 bridgehead atoms. The number of benzene rings is 1. The number of carbonyl (C=O) groups is 2. The van der Waals surface area contributed by atoms with Crippen LogP contribution in [0.2, 0.25) is 0 Å². The summed E-state index contributed by atoms with van der Waals surface area (Å²) in [7, 11) is 3.07. The number of aryl methyl sites for hydroxylation is 1. The third kappa shape index (κ3) is 5.03. The van der Waals surface area contributed by atoms with Gasteiger partial charge < -0.3 is 15.5 Å². The van der Waals surface area contributed by atoms with E-state index in [9.17, 15) is 14.0 Å². The van der Waals surface area contributed by atoms with Crippen LogP contribution in [0.1, 0.15) is 28.7 Å². The molecule has 0 saturated heterocycles. The highest BCUT2D eigenvalue weighted by Crippen LogP contribution is 2.16. The molecule has 3 N–H and O–H groups in total.